The number of amides is 1. The number of carbonyl (C=O) groups is 1. The quantitative estimate of drug-likeness (QED) is 0.804. The molecule has 0 saturated carbocycles. The summed E-state index contributed by atoms with van der Waals surface area (Å²) in [6, 6.07) is 10.6. The lowest BCUT2D eigenvalue weighted by molar-refractivity contribution is 0.102. The molecule has 0 aromatic heterocycles. The largest absolute Gasteiger partial charge is 0.398 e. The summed E-state index contributed by atoms with van der Waals surface area (Å²) in [5.41, 5.74) is 8.37. The van der Waals surface area contributed by atoms with Gasteiger partial charge in [0, 0.05) is 15.8 Å². The average Bonchev–Trinajstić information content (AvgIpc) is 2.38. The molecule has 2 rings (SSSR count). The van der Waals surface area contributed by atoms with Gasteiger partial charge in [0.25, 0.3) is 5.91 Å². The van der Waals surface area contributed by atoms with Crippen LogP contribution in [0, 0.1) is 6.92 Å². The van der Waals surface area contributed by atoms with Gasteiger partial charge in [-0.15, -0.1) is 0 Å². The monoisotopic (exact) mass is 338 g/mol. The van der Waals surface area contributed by atoms with Crippen molar-refractivity contribution in [2.45, 2.75) is 6.92 Å². The van der Waals surface area contributed by atoms with Crippen molar-refractivity contribution in [2.75, 3.05) is 11.1 Å². The van der Waals surface area contributed by atoms with E-state index in [4.69, 9.17) is 17.3 Å². The van der Waals surface area contributed by atoms with Crippen molar-refractivity contribution in [1.29, 1.82) is 0 Å². The molecule has 0 heterocycles. The Bertz CT molecular complexity index is 643. The zero-order chi connectivity index (χ0) is 14.0. The zero-order valence-corrected chi connectivity index (χ0v) is 12.5. The molecule has 2 aromatic rings. The maximum absolute atomic E-state index is 12.2. The summed E-state index contributed by atoms with van der Waals surface area (Å²) in [6.45, 7) is 1.85. The van der Waals surface area contributed by atoms with Crippen molar-refractivity contribution in [3.8, 4) is 0 Å². The Balaban J connectivity index is 2.31. The van der Waals surface area contributed by atoms with Gasteiger partial charge in [0.05, 0.1) is 10.6 Å². The molecule has 0 radical (unpaired) electrons. The van der Waals surface area contributed by atoms with Crippen molar-refractivity contribution in [3.63, 3.8) is 0 Å². The van der Waals surface area contributed by atoms with Crippen LogP contribution in [0.25, 0.3) is 0 Å². The Kier molecular flexibility index (Phi) is 4.12. The van der Waals surface area contributed by atoms with E-state index < -0.39 is 0 Å². The van der Waals surface area contributed by atoms with E-state index >= 15 is 0 Å². The third-order valence-corrected chi connectivity index (χ3v) is 4.12. The lowest BCUT2D eigenvalue weighted by Crippen LogP contribution is -2.13. The fraction of sp³-hybridized carbons (Fsp3) is 0.0714. The highest BCUT2D eigenvalue weighted by Crippen LogP contribution is 2.27. The van der Waals surface area contributed by atoms with Crippen LogP contribution in [-0.4, -0.2) is 5.91 Å². The number of hydrogen-bond acceptors (Lipinski definition) is 2. The maximum atomic E-state index is 12.2. The van der Waals surface area contributed by atoms with E-state index in [0.717, 1.165) is 5.56 Å². The Hall–Kier alpha value is -1.52. The molecule has 0 fully saturated rings. The standard InChI is InChI=1S/C14H12BrClN2O/c1-8-11(17)6-3-7-12(8)18-14(19)9-4-2-5-10(15)13(9)16/h2-7H,17H2,1H3,(H,18,19). The summed E-state index contributed by atoms with van der Waals surface area (Å²) in [4.78, 5) is 12.2. The summed E-state index contributed by atoms with van der Waals surface area (Å²) in [6.07, 6.45) is 0. The van der Waals surface area contributed by atoms with Crippen LogP contribution < -0.4 is 11.1 Å². The number of hydrogen-bond donors (Lipinski definition) is 2. The molecule has 1 amide bonds. The van der Waals surface area contributed by atoms with E-state index in [1.807, 2.05) is 6.92 Å². The second-order valence-corrected chi connectivity index (χ2v) is 5.31. The third-order valence-electron chi connectivity index (χ3n) is 2.82. The molecule has 98 valence electrons. The van der Waals surface area contributed by atoms with E-state index in [-0.39, 0.29) is 5.91 Å². The molecule has 0 saturated heterocycles. The molecule has 0 unspecified atom stereocenters. The molecular weight excluding hydrogens is 328 g/mol. The van der Waals surface area contributed by atoms with Crippen LogP contribution in [0.3, 0.4) is 0 Å². The molecule has 0 spiro atoms. The highest BCUT2D eigenvalue weighted by Gasteiger charge is 2.13. The first-order chi connectivity index (χ1) is 9.00. The van der Waals surface area contributed by atoms with Gasteiger partial charge in [-0.05, 0) is 52.7 Å². The van der Waals surface area contributed by atoms with Gasteiger partial charge in [0.1, 0.15) is 0 Å². The van der Waals surface area contributed by atoms with E-state index in [0.29, 0.717) is 26.4 Å². The number of carbonyl (C=O) groups excluding carboxylic acids is 1. The molecular formula is C14H12BrClN2O. The highest BCUT2D eigenvalue weighted by atomic mass is 79.9. The van der Waals surface area contributed by atoms with Crippen LogP contribution in [0.4, 0.5) is 11.4 Å². The molecule has 0 bridgehead atoms. The molecule has 0 atom stereocenters. The van der Waals surface area contributed by atoms with Crippen molar-refractivity contribution in [2.24, 2.45) is 0 Å². The van der Waals surface area contributed by atoms with Gasteiger partial charge in [-0.1, -0.05) is 23.7 Å². The van der Waals surface area contributed by atoms with Gasteiger partial charge in [-0.25, -0.2) is 0 Å². The number of anilines is 2. The van der Waals surface area contributed by atoms with E-state index in [9.17, 15) is 4.79 Å². The number of nitrogens with two attached hydrogens (primary N) is 1. The predicted octanol–water partition coefficient (Wildman–Crippen LogP) is 4.25. The third kappa shape index (κ3) is 2.91. The Morgan fingerprint density at radius 3 is 2.68 bits per heavy atom. The van der Waals surface area contributed by atoms with E-state index in [2.05, 4.69) is 21.2 Å². The number of halogens is 2. The summed E-state index contributed by atoms with van der Waals surface area (Å²) < 4.78 is 0.686. The lowest BCUT2D eigenvalue weighted by Gasteiger charge is -2.11. The Morgan fingerprint density at radius 2 is 1.95 bits per heavy atom. The molecule has 5 heteroatoms. The fourth-order valence-corrected chi connectivity index (χ4v) is 2.24. The Morgan fingerprint density at radius 1 is 1.26 bits per heavy atom. The number of nitrogen functional groups attached to an aromatic ring is 1. The van der Waals surface area contributed by atoms with Crippen molar-refractivity contribution in [3.05, 3.63) is 57.0 Å². The van der Waals surface area contributed by atoms with Crippen molar-refractivity contribution in [1.82, 2.24) is 0 Å². The summed E-state index contributed by atoms with van der Waals surface area (Å²) in [5.74, 6) is -0.264. The molecule has 0 aliphatic rings. The zero-order valence-electron chi connectivity index (χ0n) is 10.2. The lowest BCUT2D eigenvalue weighted by atomic mass is 10.1. The first-order valence-corrected chi connectivity index (χ1v) is 6.78. The first kappa shape index (κ1) is 13.9. The van der Waals surface area contributed by atoms with Gasteiger partial charge < -0.3 is 11.1 Å². The normalized spacial score (nSPS) is 10.3. The number of nitrogens with one attached hydrogen (secondary N) is 1. The van der Waals surface area contributed by atoms with E-state index in [1.54, 1.807) is 36.4 Å². The van der Waals surface area contributed by atoms with Crippen LogP contribution in [0.15, 0.2) is 40.9 Å². The molecule has 2 aromatic carbocycles. The van der Waals surface area contributed by atoms with Gasteiger partial charge in [0.2, 0.25) is 0 Å². The van der Waals surface area contributed by atoms with Gasteiger partial charge in [-0.3, -0.25) is 4.79 Å². The molecule has 0 aliphatic heterocycles. The van der Waals surface area contributed by atoms with Crippen LogP contribution in [0.5, 0.6) is 0 Å². The first-order valence-electron chi connectivity index (χ1n) is 5.61. The topological polar surface area (TPSA) is 55.1 Å². The molecule has 19 heavy (non-hydrogen) atoms. The predicted molar refractivity (Wildman–Crippen MR) is 82.7 cm³/mol. The Labute approximate surface area is 124 Å². The van der Waals surface area contributed by atoms with Crippen LogP contribution in [0.2, 0.25) is 5.02 Å². The van der Waals surface area contributed by atoms with Crippen molar-refractivity contribution >= 4 is 44.8 Å². The van der Waals surface area contributed by atoms with Crippen LogP contribution >= 0.6 is 27.5 Å². The molecule has 0 aliphatic carbocycles. The minimum Gasteiger partial charge on any atom is -0.398 e. The average molecular weight is 340 g/mol. The smallest absolute Gasteiger partial charge is 0.257 e. The SMILES string of the molecule is Cc1c(N)cccc1NC(=O)c1cccc(Br)c1Cl. The summed E-state index contributed by atoms with van der Waals surface area (Å²) >= 11 is 9.39. The van der Waals surface area contributed by atoms with Crippen molar-refractivity contribution < 1.29 is 4.79 Å². The minimum atomic E-state index is -0.264. The second kappa shape index (κ2) is 5.63. The second-order valence-electron chi connectivity index (χ2n) is 4.08. The van der Waals surface area contributed by atoms with Crippen LogP contribution in [0.1, 0.15) is 15.9 Å². The summed E-state index contributed by atoms with van der Waals surface area (Å²) in [7, 11) is 0. The van der Waals surface area contributed by atoms with Gasteiger partial charge >= 0.3 is 0 Å². The minimum absolute atomic E-state index is 0.264. The van der Waals surface area contributed by atoms with Gasteiger partial charge in [-0.2, -0.15) is 0 Å². The fourth-order valence-electron chi connectivity index (χ4n) is 1.66. The molecule has 3 N–H and O–H groups in total. The van der Waals surface area contributed by atoms with E-state index in [1.165, 1.54) is 0 Å². The highest BCUT2D eigenvalue weighted by molar-refractivity contribution is 9.10. The number of rotatable bonds is 2. The van der Waals surface area contributed by atoms with Crippen LogP contribution in [-0.2, 0) is 0 Å². The molecule has 3 nitrogen and oxygen atoms in total. The summed E-state index contributed by atoms with van der Waals surface area (Å²) in [5, 5.41) is 3.20. The number of benzene rings is 2. The van der Waals surface area contributed by atoms with Gasteiger partial charge in [0.15, 0.2) is 0 Å². The maximum Gasteiger partial charge on any atom is 0.257 e.